The standard InChI is InChI=1S/C30H25NO6/c1-16-8-13-19-21-15-20(17-9-11-18(35-2)12-10-17)25-27(26(21)30(34)37-24(19)14-16)29(33)31(28(25)32)22-6-4-5-7-23(22)36-3/h4-15,20,25-27H,1-3H3/t20-,25+,26-,27+/m0/s1. The van der Waals surface area contributed by atoms with Crippen LogP contribution in [0.2, 0.25) is 0 Å². The highest BCUT2D eigenvalue weighted by Gasteiger charge is 2.60. The largest absolute Gasteiger partial charge is 0.497 e. The van der Waals surface area contributed by atoms with Crippen LogP contribution >= 0.6 is 0 Å². The van der Waals surface area contributed by atoms with Crippen molar-refractivity contribution >= 4 is 29.0 Å². The average molecular weight is 496 g/mol. The van der Waals surface area contributed by atoms with Gasteiger partial charge in [-0.3, -0.25) is 14.4 Å². The molecule has 2 heterocycles. The van der Waals surface area contributed by atoms with Crippen LogP contribution < -0.4 is 19.1 Å². The first-order valence-electron chi connectivity index (χ1n) is 12.1. The van der Waals surface area contributed by atoms with Gasteiger partial charge in [-0.25, -0.2) is 4.90 Å². The fraction of sp³-hybridized carbons (Fsp3) is 0.233. The molecule has 0 bridgehead atoms. The van der Waals surface area contributed by atoms with Crippen LogP contribution in [0.15, 0.2) is 72.8 Å². The van der Waals surface area contributed by atoms with Crippen LogP contribution in [0, 0.1) is 24.7 Å². The number of anilines is 1. The van der Waals surface area contributed by atoms with Crippen molar-refractivity contribution in [1.29, 1.82) is 0 Å². The predicted molar refractivity (Wildman–Crippen MR) is 136 cm³/mol. The number of hydrogen-bond acceptors (Lipinski definition) is 6. The second-order valence-electron chi connectivity index (χ2n) is 9.55. The molecule has 0 radical (unpaired) electrons. The van der Waals surface area contributed by atoms with Crippen LogP contribution in [-0.4, -0.2) is 32.0 Å². The fourth-order valence-corrected chi connectivity index (χ4v) is 5.87. The number of rotatable bonds is 4. The number of carbonyl (C=O) groups is 3. The first kappa shape index (κ1) is 23.0. The maximum absolute atomic E-state index is 14.1. The van der Waals surface area contributed by atoms with E-state index in [9.17, 15) is 14.4 Å². The Kier molecular flexibility index (Phi) is 5.37. The van der Waals surface area contributed by atoms with Crippen molar-refractivity contribution in [2.75, 3.05) is 19.1 Å². The summed E-state index contributed by atoms with van der Waals surface area (Å²) in [4.78, 5) is 42.7. The number of ether oxygens (including phenoxy) is 3. The molecule has 2 aliphatic heterocycles. The van der Waals surface area contributed by atoms with Crippen LogP contribution in [-0.2, 0) is 14.4 Å². The van der Waals surface area contributed by atoms with Gasteiger partial charge in [0, 0.05) is 11.5 Å². The predicted octanol–water partition coefficient (Wildman–Crippen LogP) is 4.53. The summed E-state index contributed by atoms with van der Waals surface area (Å²) in [6.45, 7) is 1.93. The zero-order valence-electron chi connectivity index (χ0n) is 20.6. The number of aryl methyl sites for hydroxylation is 1. The molecule has 0 spiro atoms. The quantitative estimate of drug-likeness (QED) is 0.300. The molecule has 37 heavy (non-hydrogen) atoms. The van der Waals surface area contributed by atoms with E-state index in [4.69, 9.17) is 14.2 Å². The molecule has 0 unspecified atom stereocenters. The van der Waals surface area contributed by atoms with E-state index in [2.05, 4.69) is 0 Å². The minimum atomic E-state index is -0.911. The molecule has 7 nitrogen and oxygen atoms in total. The van der Waals surface area contributed by atoms with Crippen molar-refractivity contribution in [3.05, 3.63) is 89.5 Å². The molecule has 2 amide bonds. The Morgan fingerprint density at radius 1 is 0.838 bits per heavy atom. The molecule has 186 valence electrons. The van der Waals surface area contributed by atoms with Crippen molar-refractivity contribution in [3.8, 4) is 17.2 Å². The van der Waals surface area contributed by atoms with Gasteiger partial charge in [0.25, 0.3) is 0 Å². The highest BCUT2D eigenvalue weighted by atomic mass is 16.5. The molecule has 1 saturated heterocycles. The number of allylic oxidation sites excluding steroid dienone is 1. The monoisotopic (exact) mass is 495 g/mol. The molecule has 3 aromatic carbocycles. The van der Waals surface area contributed by atoms with Gasteiger partial charge in [-0.05, 0) is 54.0 Å². The third-order valence-corrected chi connectivity index (χ3v) is 7.58. The van der Waals surface area contributed by atoms with Gasteiger partial charge in [-0.15, -0.1) is 0 Å². The Labute approximate surface area is 214 Å². The van der Waals surface area contributed by atoms with E-state index in [-0.39, 0.29) is 5.91 Å². The fourth-order valence-electron chi connectivity index (χ4n) is 5.87. The number of benzene rings is 3. The van der Waals surface area contributed by atoms with E-state index >= 15 is 0 Å². The van der Waals surface area contributed by atoms with Crippen molar-refractivity contribution in [1.82, 2.24) is 0 Å². The van der Waals surface area contributed by atoms with E-state index in [1.165, 1.54) is 12.0 Å². The molecule has 0 aromatic heterocycles. The van der Waals surface area contributed by atoms with Gasteiger partial charge in [0.05, 0.1) is 37.7 Å². The summed E-state index contributed by atoms with van der Waals surface area (Å²) in [7, 11) is 3.09. The van der Waals surface area contributed by atoms with Crippen molar-refractivity contribution in [3.63, 3.8) is 0 Å². The zero-order valence-corrected chi connectivity index (χ0v) is 20.6. The number of methoxy groups -OCH3 is 2. The lowest BCUT2D eigenvalue weighted by atomic mass is 9.64. The summed E-state index contributed by atoms with van der Waals surface area (Å²) in [5.41, 5.74) is 3.67. The molecular weight excluding hydrogens is 470 g/mol. The zero-order chi connectivity index (χ0) is 25.8. The van der Waals surface area contributed by atoms with Gasteiger partial charge in [0.2, 0.25) is 11.8 Å². The summed E-state index contributed by atoms with van der Waals surface area (Å²) in [6, 6.07) is 20.1. The van der Waals surface area contributed by atoms with Gasteiger partial charge in [-0.2, -0.15) is 0 Å². The summed E-state index contributed by atoms with van der Waals surface area (Å²) < 4.78 is 16.5. The summed E-state index contributed by atoms with van der Waals surface area (Å²) in [6.07, 6.45) is 1.97. The topological polar surface area (TPSA) is 82.1 Å². The van der Waals surface area contributed by atoms with Crippen LogP contribution in [0.3, 0.4) is 0 Å². The highest BCUT2D eigenvalue weighted by molar-refractivity contribution is 6.25. The molecule has 3 aliphatic rings. The highest BCUT2D eigenvalue weighted by Crippen LogP contribution is 2.55. The third kappa shape index (κ3) is 3.45. The van der Waals surface area contributed by atoms with Crippen LogP contribution in [0.4, 0.5) is 5.69 Å². The first-order valence-corrected chi connectivity index (χ1v) is 12.1. The van der Waals surface area contributed by atoms with E-state index in [0.717, 1.165) is 22.3 Å². The number of para-hydroxylation sites is 2. The Morgan fingerprint density at radius 2 is 1.57 bits per heavy atom. The Hall–Kier alpha value is -4.39. The molecule has 3 aromatic rings. The maximum Gasteiger partial charge on any atom is 0.319 e. The molecule has 6 rings (SSSR count). The molecule has 1 fully saturated rings. The Bertz CT molecular complexity index is 1470. The second-order valence-corrected chi connectivity index (χ2v) is 9.55. The lowest BCUT2D eigenvalue weighted by Crippen LogP contribution is -2.42. The second kappa shape index (κ2) is 8.62. The SMILES string of the molecule is COc1ccc([C@@H]2C=C3c4ccc(C)cc4OC(=O)[C@@H]3[C@@H]3C(=O)N(c4ccccc4OC)C(=O)[C@@H]32)cc1. The van der Waals surface area contributed by atoms with Crippen molar-refractivity contribution in [2.24, 2.45) is 17.8 Å². The van der Waals surface area contributed by atoms with E-state index in [1.54, 1.807) is 31.4 Å². The number of esters is 1. The molecular formula is C30H25NO6. The number of imide groups is 1. The minimum Gasteiger partial charge on any atom is -0.497 e. The number of fused-ring (bicyclic) bond motifs is 5. The van der Waals surface area contributed by atoms with Gasteiger partial charge in [-0.1, -0.05) is 42.5 Å². The summed E-state index contributed by atoms with van der Waals surface area (Å²) in [5, 5.41) is 0. The Morgan fingerprint density at radius 3 is 2.30 bits per heavy atom. The molecule has 7 heteroatoms. The molecule has 1 aliphatic carbocycles. The average Bonchev–Trinajstić information content (AvgIpc) is 3.17. The van der Waals surface area contributed by atoms with Crippen molar-refractivity contribution in [2.45, 2.75) is 12.8 Å². The number of nitrogens with zero attached hydrogens (tertiary/aromatic N) is 1. The number of amides is 2. The van der Waals surface area contributed by atoms with Crippen LogP contribution in [0.5, 0.6) is 17.2 Å². The molecule has 0 saturated carbocycles. The van der Waals surface area contributed by atoms with E-state index in [0.29, 0.717) is 22.9 Å². The van der Waals surface area contributed by atoms with E-state index < -0.39 is 35.5 Å². The number of hydrogen-bond donors (Lipinski definition) is 0. The van der Waals surface area contributed by atoms with E-state index in [1.807, 2.05) is 55.5 Å². The van der Waals surface area contributed by atoms with Gasteiger partial charge >= 0.3 is 5.97 Å². The smallest absolute Gasteiger partial charge is 0.319 e. The minimum absolute atomic E-state index is 0.363. The lowest BCUT2D eigenvalue weighted by molar-refractivity contribution is -0.142. The van der Waals surface area contributed by atoms with Crippen LogP contribution in [0.1, 0.15) is 22.6 Å². The van der Waals surface area contributed by atoms with Gasteiger partial charge in [0.15, 0.2) is 0 Å². The molecule has 4 atom stereocenters. The van der Waals surface area contributed by atoms with Crippen molar-refractivity contribution < 1.29 is 28.6 Å². The van der Waals surface area contributed by atoms with Gasteiger partial charge < -0.3 is 14.2 Å². The summed E-state index contributed by atoms with van der Waals surface area (Å²) >= 11 is 0. The third-order valence-electron chi connectivity index (χ3n) is 7.58. The maximum atomic E-state index is 14.1. The van der Waals surface area contributed by atoms with Crippen LogP contribution in [0.25, 0.3) is 5.57 Å². The number of carbonyl (C=O) groups excluding carboxylic acids is 3. The molecule has 0 N–H and O–H groups in total. The normalized spacial score (nSPS) is 24.0. The summed E-state index contributed by atoms with van der Waals surface area (Å²) in [5.74, 6) is -2.75. The Balaban J connectivity index is 1.55. The lowest BCUT2D eigenvalue weighted by Gasteiger charge is -2.38. The first-order chi connectivity index (χ1) is 17.9. The van der Waals surface area contributed by atoms with Gasteiger partial charge in [0.1, 0.15) is 17.2 Å².